The Hall–Kier alpha value is -1.65. The molecule has 0 saturated carbocycles. The van der Waals surface area contributed by atoms with Crippen LogP contribution in [0.15, 0.2) is 40.9 Å². The molecule has 4 heteroatoms. The van der Waals surface area contributed by atoms with E-state index in [2.05, 4.69) is 34.4 Å². The van der Waals surface area contributed by atoms with E-state index in [1.54, 1.807) is 0 Å². The van der Waals surface area contributed by atoms with Crippen LogP contribution < -0.4 is 5.32 Å². The van der Waals surface area contributed by atoms with Gasteiger partial charge < -0.3 is 9.84 Å². The van der Waals surface area contributed by atoms with Crippen LogP contribution in [-0.2, 0) is 6.54 Å². The van der Waals surface area contributed by atoms with Gasteiger partial charge in [-0.25, -0.2) is 0 Å². The number of benzene rings is 1. The van der Waals surface area contributed by atoms with Gasteiger partial charge >= 0.3 is 0 Å². The fourth-order valence-corrected chi connectivity index (χ4v) is 2.51. The van der Waals surface area contributed by atoms with Crippen molar-refractivity contribution in [2.75, 3.05) is 19.6 Å². The molecule has 1 N–H and O–H groups in total. The van der Waals surface area contributed by atoms with Gasteiger partial charge in [0.1, 0.15) is 5.69 Å². The number of hydrogen-bond acceptors (Lipinski definition) is 4. The Morgan fingerprint density at radius 2 is 2.21 bits per heavy atom. The lowest BCUT2D eigenvalue weighted by Gasteiger charge is -2.30. The molecule has 19 heavy (non-hydrogen) atoms. The molecule has 1 atom stereocenters. The maximum atomic E-state index is 5.44. The van der Waals surface area contributed by atoms with Crippen molar-refractivity contribution in [1.29, 1.82) is 0 Å². The minimum Gasteiger partial charge on any atom is -0.359 e. The first-order valence-electron chi connectivity index (χ1n) is 6.78. The minimum absolute atomic E-state index is 0.547. The minimum atomic E-state index is 0.547. The molecule has 1 aromatic carbocycles. The van der Waals surface area contributed by atoms with Gasteiger partial charge in [0.15, 0.2) is 5.76 Å². The third-order valence-corrected chi connectivity index (χ3v) is 3.46. The van der Waals surface area contributed by atoms with Crippen molar-refractivity contribution in [2.45, 2.75) is 19.5 Å². The van der Waals surface area contributed by atoms with E-state index in [9.17, 15) is 0 Å². The molecule has 1 aliphatic heterocycles. The van der Waals surface area contributed by atoms with Crippen LogP contribution in [0.2, 0.25) is 0 Å². The number of piperazine rings is 1. The summed E-state index contributed by atoms with van der Waals surface area (Å²) in [6, 6.07) is 12.7. The van der Waals surface area contributed by atoms with E-state index in [0.717, 1.165) is 43.2 Å². The summed E-state index contributed by atoms with van der Waals surface area (Å²) in [5.41, 5.74) is 2.02. The average Bonchev–Trinajstić information content (AvgIpc) is 2.88. The molecule has 3 rings (SSSR count). The lowest BCUT2D eigenvalue weighted by Crippen LogP contribution is -2.48. The van der Waals surface area contributed by atoms with Gasteiger partial charge in [-0.05, 0) is 6.92 Å². The summed E-state index contributed by atoms with van der Waals surface area (Å²) < 4.78 is 5.44. The normalized spacial score (nSPS) is 20.6. The smallest absolute Gasteiger partial charge is 0.151 e. The zero-order chi connectivity index (χ0) is 13.1. The topological polar surface area (TPSA) is 41.3 Å². The molecule has 1 saturated heterocycles. The lowest BCUT2D eigenvalue weighted by atomic mass is 10.1. The van der Waals surface area contributed by atoms with Crippen molar-refractivity contribution in [3.8, 4) is 11.3 Å². The highest BCUT2D eigenvalue weighted by atomic mass is 16.5. The molecule has 4 nitrogen and oxygen atoms in total. The van der Waals surface area contributed by atoms with Gasteiger partial charge in [-0.15, -0.1) is 0 Å². The van der Waals surface area contributed by atoms with Crippen LogP contribution in [0.25, 0.3) is 11.3 Å². The molecule has 0 amide bonds. The van der Waals surface area contributed by atoms with E-state index in [1.807, 2.05) is 24.3 Å². The Morgan fingerprint density at radius 1 is 1.37 bits per heavy atom. The molecule has 1 aromatic heterocycles. The van der Waals surface area contributed by atoms with Crippen LogP contribution in [0, 0.1) is 0 Å². The second-order valence-corrected chi connectivity index (χ2v) is 5.13. The molecule has 100 valence electrons. The molecule has 2 heterocycles. The standard InChI is InChI=1S/C15H19N3O/c1-12-10-18(8-7-16-12)11-14-9-15(17-19-14)13-5-3-2-4-6-13/h2-6,9,12,16H,7-8,10-11H2,1H3/t12-/m0/s1. The molecular weight excluding hydrogens is 238 g/mol. The van der Waals surface area contributed by atoms with Gasteiger partial charge in [-0.2, -0.15) is 0 Å². The molecule has 0 bridgehead atoms. The highest BCUT2D eigenvalue weighted by molar-refractivity contribution is 5.58. The molecule has 2 aromatic rings. The van der Waals surface area contributed by atoms with Crippen LogP contribution in [-0.4, -0.2) is 35.7 Å². The number of nitrogens with zero attached hydrogens (tertiary/aromatic N) is 2. The molecule has 0 spiro atoms. The Kier molecular flexibility index (Phi) is 3.62. The van der Waals surface area contributed by atoms with Crippen molar-refractivity contribution in [1.82, 2.24) is 15.4 Å². The van der Waals surface area contributed by atoms with Gasteiger partial charge in [0.25, 0.3) is 0 Å². The highest BCUT2D eigenvalue weighted by Gasteiger charge is 2.17. The average molecular weight is 257 g/mol. The summed E-state index contributed by atoms with van der Waals surface area (Å²) in [6.45, 7) is 6.21. The maximum absolute atomic E-state index is 5.44. The molecular formula is C15H19N3O. The Morgan fingerprint density at radius 3 is 3.00 bits per heavy atom. The first-order valence-corrected chi connectivity index (χ1v) is 6.78. The van der Waals surface area contributed by atoms with Gasteiger partial charge in [-0.1, -0.05) is 35.5 Å². The largest absolute Gasteiger partial charge is 0.359 e. The van der Waals surface area contributed by atoms with E-state index in [4.69, 9.17) is 4.52 Å². The van der Waals surface area contributed by atoms with Gasteiger partial charge in [0, 0.05) is 37.3 Å². The Bertz CT molecular complexity index is 523. The second-order valence-electron chi connectivity index (χ2n) is 5.13. The van der Waals surface area contributed by atoms with E-state index in [0.29, 0.717) is 6.04 Å². The number of hydrogen-bond donors (Lipinski definition) is 1. The lowest BCUT2D eigenvalue weighted by molar-refractivity contribution is 0.180. The first-order chi connectivity index (χ1) is 9.31. The zero-order valence-corrected chi connectivity index (χ0v) is 11.2. The third kappa shape index (κ3) is 3.03. The Labute approximate surface area is 113 Å². The number of nitrogens with one attached hydrogen (secondary N) is 1. The SMILES string of the molecule is C[C@H]1CN(Cc2cc(-c3ccccc3)no2)CCN1. The summed E-state index contributed by atoms with van der Waals surface area (Å²) >= 11 is 0. The van der Waals surface area contributed by atoms with Crippen LogP contribution in [0.4, 0.5) is 0 Å². The van der Waals surface area contributed by atoms with Gasteiger partial charge in [0.05, 0.1) is 6.54 Å². The molecule has 0 unspecified atom stereocenters. The van der Waals surface area contributed by atoms with Crippen molar-refractivity contribution >= 4 is 0 Å². The summed E-state index contributed by atoms with van der Waals surface area (Å²) in [5.74, 6) is 0.938. The zero-order valence-electron chi connectivity index (χ0n) is 11.2. The van der Waals surface area contributed by atoms with Crippen molar-refractivity contribution in [2.24, 2.45) is 0 Å². The van der Waals surface area contributed by atoms with E-state index < -0.39 is 0 Å². The van der Waals surface area contributed by atoms with Crippen molar-refractivity contribution in [3.63, 3.8) is 0 Å². The monoisotopic (exact) mass is 257 g/mol. The van der Waals surface area contributed by atoms with Crippen LogP contribution in [0.5, 0.6) is 0 Å². The molecule has 1 fully saturated rings. The molecule has 1 aliphatic rings. The Balaban J connectivity index is 1.68. The maximum Gasteiger partial charge on any atom is 0.151 e. The fourth-order valence-electron chi connectivity index (χ4n) is 2.51. The van der Waals surface area contributed by atoms with Crippen LogP contribution in [0.1, 0.15) is 12.7 Å². The van der Waals surface area contributed by atoms with E-state index in [1.165, 1.54) is 0 Å². The number of rotatable bonds is 3. The van der Waals surface area contributed by atoms with Crippen LogP contribution in [0.3, 0.4) is 0 Å². The summed E-state index contributed by atoms with van der Waals surface area (Å²) in [7, 11) is 0. The van der Waals surface area contributed by atoms with Crippen molar-refractivity contribution in [3.05, 3.63) is 42.2 Å². The van der Waals surface area contributed by atoms with Crippen LogP contribution >= 0.6 is 0 Å². The summed E-state index contributed by atoms with van der Waals surface area (Å²) in [4.78, 5) is 2.40. The van der Waals surface area contributed by atoms with E-state index >= 15 is 0 Å². The van der Waals surface area contributed by atoms with Gasteiger partial charge in [0.2, 0.25) is 0 Å². The predicted molar refractivity (Wildman–Crippen MR) is 74.7 cm³/mol. The second kappa shape index (κ2) is 5.55. The molecule has 0 aliphatic carbocycles. The number of aromatic nitrogens is 1. The third-order valence-electron chi connectivity index (χ3n) is 3.46. The summed E-state index contributed by atoms with van der Waals surface area (Å²) in [5, 5.41) is 7.59. The van der Waals surface area contributed by atoms with Gasteiger partial charge in [-0.3, -0.25) is 4.90 Å². The van der Waals surface area contributed by atoms with Crippen molar-refractivity contribution < 1.29 is 4.52 Å². The summed E-state index contributed by atoms with van der Waals surface area (Å²) in [6.07, 6.45) is 0. The molecule has 0 radical (unpaired) electrons. The van der Waals surface area contributed by atoms with E-state index in [-0.39, 0.29) is 0 Å². The fraction of sp³-hybridized carbons (Fsp3) is 0.400. The quantitative estimate of drug-likeness (QED) is 0.914. The first kappa shape index (κ1) is 12.4. The predicted octanol–water partition coefficient (Wildman–Crippen LogP) is 2.14. The highest BCUT2D eigenvalue weighted by Crippen LogP contribution is 2.19.